The molecule has 2 heterocycles. The quantitative estimate of drug-likeness (QED) is 0.750. The van der Waals surface area contributed by atoms with Gasteiger partial charge in [-0.25, -0.2) is 0 Å². The van der Waals surface area contributed by atoms with Crippen molar-refractivity contribution in [3.63, 3.8) is 0 Å². The summed E-state index contributed by atoms with van der Waals surface area (Å²) in [7, 11) is 0. The third-order valence-corrected chi connectivity index (χ3v) is 5.07. The monoisotopic (exact) mass is 328 g/mol. The summed E-state index contributed by atoms with van der Waals surface area (Å²) in [5.74, 6) is 4.02. The third-order valence-electron chi connectivity index (χ3n) is 5.07. The molecular formula is C20H28N2O2. The molecule has 4 nitrogen and oxygen atoms in total. The number of hydrogen-bond acceptors (Lipinski definition) is 4. The number of benzene rings is 1. The molecule has 0 amide bonds. The molecule has 2 atom stereocenters. The SMILES string of the molecule is C#CCOc1ccc(CN2C[C@H]3CCCN3C[C@@H]2C)cc1OCC. The van der Waals surface area contributed by atoms with E-state index in [0.717, 1.165) is 24.1 Å². The second kappa shape index (κ2) is 7.92. The molecule has 2 fully saturated rings. The van der Waals surface area contributed by atoms with Crippen molar-refractivity contribution in [3.8, 4) is 23.8 Å². The first kappa shape index (κ1) is 17.1. The molecule has 0 saturated carbocycles. The second-order valence-corrected chi connectivity index (χ2v) is 6.78. The molecule has 0 aromatic heterocycles. The fraction of sp³-hybridized carbons (Fsp3) is 0.600. The molecule has 0 spiro atoms. The molecule has 0 N–H and O–H groups in total. The lowest BCUT2D eigenvalue weighted by Gasteiger charge is -2.42. The standard InChI is InChI=1S/C20H28N2O2/c1-4-11-24-19-9-8-17(12-20(19)23-5-2)14-22-15-18-7-6-10-21(18)13-16(22)3/h1,8-9,12,16,18H,5-7,10-11,13-15H2,2-3H3/t16-,18+/m0/s1. The molecule has 2 aliphatic rings. The van der Waals surface area contributed by atoms with E-state index in [1.165, 1.54) is 38.0 Å². The van der Waals surface area contributed by atoms with Gasteiger partial charge in [-0.3, -0.25) is 9.80 Å². The van der Waals surface area contributed by atoms with Crippen LogP contribution in [0.3, 0.4) is 0 Å². The van der Waals surface area contributed by atoms with E-state index >= 15 is 0 Å². The number of rotatable bonds is 6. The van der Waals surface area contributed by atoms with Crippen molar-refractivity contribution in [1.82, 2.24) is 9.80 Å². The van der Waals surface area contributed by atoms with E-state index in [-0.39, 0.29) is 6.61 Å². The Balaban J connectivity index is 1.70. The Labute approximate surface area is 145 Å². The lowest BCUT2D eigenvalue weighted by molar-refractivity contribution is 0.0540. The highest BCUT2D eigenvalue weighted by Gasteiger charge is 2.34. The smallest absolute Gasteiger partial charge is 0.162 e. The van der Waals surface area contributed by atoms with Crippen LogP contribution in [0, 0.1) is 12.3 Å². The van der Waals surface area contributed by atoms with E-state index in [2.05, 4.69) is 34.8 Å². The Morgan fingerprint density at radius 3 is 2.92 bits per heavy atom. The van der Waals surface area contributed by atoms with Gasteiger partial charge in [-0.1, -0.05) is 12.0 Å². The maximum Gasteiger partial charge on any atom is 0.162 e. The first-order valence-electron chi connectivity index (χ1n) is 9.01. The number of piperazine rings is 1. The maximum atomic E-state index is 5.74. The summed E-state index contributed by atoms with van der Waals surface area (Å²) in [5.41, 5.74) is 1.27. The van der Waals surface area contributed by atoms with Crippen LogP contribution in [-0.2, 0) is 6.54 Å². The van der Waals surface area contributed by atoms with Crippen LogP contribution in [0.1, 0.15) is 32.3 Å². The Bertz CT molecular complexity index is 596. The fourth-order valence-corrected chi connectivity index (χ4v) is 3.86. The molecule has 24 heavy (non-hydrogen) atoms. The number of hydrogen-bond donors (Lipinski definition) is 0. The van der Waals surface area contributed by atoms with Gasteiger partial charge in [0.1, 0.15) is 6.61 Å². The van der Waals surface area contributed by atoms with Crippen molar-refractivity contribution in [2.24, 2.45) is 0 Å². The number of nitrogens with zero attached hydrogens (tertiary/aromatic N) is 2. The van der Waals surface area contributed by atoms with Crippen LogP contribution < -0.4 is 9.47 Å². The number of terminal acetylenes is 1. The van der Waals surface area contributed by atoms with Gasteiger partial charge in [0, 0.05) is 31.7 Å². The molecule has 0 radical (unpaired) electrons. The molecule has 0 bridgehead atoms. The van der Waals surface area contributed by atoms with Crippen molar-refractivity contribution in [3.05, 3.63) is 23.8 Å². The minimum atomic E-state index is 0.264. The van der Waals surface area contributed by atoms with Crippen LogP contribution in [0.2, 0.25) is 0 Å². The largest absolute Gasteiger partial charge is 0.490 e. The van der Waals surface area contributed by atoms with Gasteiger partial charge in [0.05, 0.1) is 6.61 Å². The van der Waals surface area contributed by atoms with E-state index < -0.39 is 0 Å². The minimum absolute atomic E-state index is 0.264. The highest BCUT2D eigenvalue weighted by molar-refractivity contribution is 5.43. The molecule has 1 aromatic rings. The minimum Gasteiger partial charge on any atom is -0.490 e. The Hall–Kier alpha value is -1.70. The molecule has 3 rings (SSSR count). The van der Waals surface area contributed by atoms with Gasteiger partial charge in [0.2, 0.25) is 0 Å². The molecule has 1 aromatic carbocycles. The first-order chi connectivity index (χ1) is 11.7. The van der Waals surface area contributed by atoms with Crippen molar-refractivity contribution in [2.45, 2.75) is 45.3 Å². The Morgan fingerprint density at radius 2 is 2.12 bits per heavy atom. The molecule has 0 unspecified atom stereocenters. The molecule has 2 saturated heterocycles. The van der Waals surface area contributed by atoms with E-state index in [1.807, 2.05) is 13.0 Å². The van der Waals surface area contributed by atoms with Crippen LogP contribution in [0.15, 0.2) is 18.2 Å². The maximum absolute atomic E-state index is 5.74. The second-order valence-electron chi connectivity index (χ2n) is 6.78. The fourth-order valence-electron chi connectivity index (χ4n) is 3.86. The summed E-state index contributed by atoms with van der Waals surface area (Å²) in [6.07, 6.45) is 7.97. The third kappa shape index (κ3) is 3.85. The molecule has 2 aliphatic heterocycles. The van der Waals surface area contributed by atoms with Gasteiger partial charge in [-0.15, -0.1) is 6.42 Å². The van der Waals surface area contributed by atoms with Crippen LogP contribution in [0.25, 0.3) is 0 Å². The van der Waals surface area contributed by atoms with E-state index in [9.17, 15) is 0 Å². The van der Waals surface area contributed by atoms with Crippen molar-refractivity contribution < 1.29 is 9.47 Å². The normalized spacial score (nSPS) is 24.4. The zero-order valence-electron chi connectivity index (χ0n) is 14.8. The van der Waals surface area contributed by atoms with Gasteiger partial charge < -0.3 is 9.47 Å². The number of ether oxygens (including phenoxy) is 2. The summed E-state index contributed by atoms with van der Waals surface area (Å²) < 4.78 is 11.3. The van der Waals surface area contributed by atoms with Gasteiger partial charge >= 0.3 is 0 Å². The van der Waals surface area contributed by atoms with E-state index in [1.54, 1.807) is 0 Å². The molecule has 130 valence electrons. The lowest BCUT2D eigenvalue weighted by atomic mass is 10.1. The Morgan fingerprint density at radius 1 is 1.25 bits per heavy atom. The van der Waals surface area contributed by atoms with Crippen LogP contribution in [0.5, 0.6) is 11.5 Å². The van der Waals surface area contributed by atoms with Crippen LogP contribution >= 0.6 is 0 Å². The lowest BCUT2D eigenvalue weighted by Crippen LogP contribution is -2.54. The summed E-state index contributed by atoms with van der Waals surface area (Å²) in [6.45, 7) is 9.79. The summed E-state index contributed by atoms with van der Waals surface area (Å²) in [4.78, 5) is 5.25. The van der Waals surface area contributed by atoms with Crippen molar-refractivity contribution >= 4 is 0 Å². The van der Waals surface area contributed by atoms with Crippen LogP contribution in [-0.4, -0.2) is 54.7 Å². The topological polar surface area (TPSA) is 24.9 Å². The predicted octanol–water partition coefficient (Wildman–Crippen LogP) is 2.77. The molecule has 0 aliphatic carbocycles. The van der Waals surface area contributed by atoms with Gasteiger partial charge in [-0.05, 0) is 50.9 Å². The van der Waals surface area contributed by atoms with E-state index in [0.29, 0.717) is 12.6 Å². The average Bonchev–Trinajstić information content (AvgIpc) is 3.02. The summed E-state index contributed by atoms with van der Waals surface area (Å²) in [6, 6.07) is 7.54. The molecular weight excluding hydrogens is 300 g/mol. The van der Waals surface area contributed by atoms with Crippen molar-refractivity contribution in [2.75, 3.05) is 32.8 Å². The van der Waals surface area contributed by atoms with Gasteiger partial charge in [0.15, 0.2) is 11.5 Å². The zero-order valence-corrected chi connectivity index (χ0v) is 14.8. The number of fused-ring (bicyclic) bond motifs is 1. The average molecular weight is 328 g/mol. The zero-order chi connectivity index (χ0) is 16.9. The summed E-state index contributed by atoms with van der Waals surface area (Å²) >= 11 is 0. The van der Waals surface area contributed by atoms with Crippen LogP contribution in [0.4, 0.5) is 0 Å². The Kier molecular flexibility index (Phi) is 5.65. The van der Waals surface area contributed by atoms with Gasteiger partial charge in [0.25, 0.3) is 0 Å². The van der Waals surface area contributed by atoms with E-state index in [4.69, 9.17) is 15.9 Å². The van der Waals surface area contributed by atoms with Crippen molar-refractivity contribution in [1.29, 1.82) is 0 Å². The summed E-state index contributed by atoms with van der Waals surface area (Å²) in [5, 5.41) is 0. The predicted molar refractivity (Wildman–Crippen MR) is 96.4 cm³/mol. The highest BCUT2D eigenvalue weighted by atomic mass is 16.5. The van der Waals surface area contributed by atoms with Gasteiger partial charge in [-0.2, -0.15) is 0 Å². The molecule has 4 heteroatoms. The first-order valence-corrected chi connectivity index (χ1v) is 9.01. The highest BCUT2D eigenvalue weighted by Crippen LogP contribution is 2.30.